The average molecular weight is 825 g/mol. The van der Waals surface area contributed by atoms with Crippen LogP contribution in [0.15, 0.2) is 203 Å². The topological polar surface area (TPSA) is 77.8 Å². The fourth-order valence-electron chi connectivity index (χ4n) is 8.99. The van der Waals surface area contributed by atoms with Crippen molar-refractivity contribution in [2.45, 2.75) is 0 Å². The number of pyridine rings is 1. The van der Waals surface area contributed by atoms with E-state index in [1.807, 2.05) is 66.1 Å². The van der Waals surface area contributed by atoms with Gasteiger partial charge in [-0.3, -0.25) is 4.98 Å². The van der Waals surface area contributed by atoms with Crippen LogP contribution in [0.3, 0.4) is 0 Å². The van der Waals surface area contributed by atoms with Gasteiger partial charge in [-0.1, -0.05) is 127 Å². The molecule has 0 fully saturated rings. The maximum absolute atomic E-state index is 6.72. The van der Waals surface area contributed by atoms with Crippen molar-refractivity contribution < 1.29 is 8.83 Å². The Balaban J connectivity index is 0.931. The summed E-state index contributed by atoms with van der Waals surface area (Å²) in [5.41, 5.74) is 12.4. The van der Waals surface area contributed by atoms with Gasteiger partial charge in [-0.2, -0.15) is 0 Å². The molecule has 5 aromatic heterocycles. The van der Waals surface area contributed by atoms with Crippen molar-refractivity contribution >= 4 is 75.4 Å². The highest BCUT2D eigenvalue weighted by molar-refractivity contribution is 7.25. The third kappa shape index (κ3) is 5.93. The van der Waals surface area contributed by atoms with E-state index in [0.29, 0.717) is 17.5 Å². The predicted octanol–water partition coefficient (Wildman–Crippen LogP) is 15.4. The van der Waals surface area contributed by atoms with Gasteiger partial charge in [-0.15, -0.1) is 11.3 Å². The molecule has 7 heteroatoms. The van der Waals surface area contributed by atoms with Crippen LogP contribution in [-0.2, 0) is 0 Å². The zero-order valence-corrected chi connectivity index (χ0v) is 34.3. The molecule has 8 aromatic carbocycles. The van der Waals surface area contributed by atoms with Gasteiger partial charge < -0.3 is 8.83 Å². The molecule has 0 amide bonds. The Hall–Kier alpha value is -8.26. The summed E-state index contributed by atoms with van der Waals surface area (Å²) in [5, 5.41) is 6.87. The van der Waals surface area contributed by atoms with Crippen LogP contribution in [-0.4, -0.2) is 19.9 Å². The Morgan fingerprint density at radius 1 is 0.349 bits per heavy atom. The quantitative estimate of drug-likeness (QED) is 0.166. The van der Waals surface area contributed by atoms with Gasteiger partial charge in [-0.25, -0.2) is 15.0 Å². The molecule has 0 aliphatic rings. The second-order valence-corrected chi connectivity index (χ2v) is 16.9. The molecule has 0 saturated carbocycles. The highest BCUT2D eigenvalue weighted by atomic mass is 32.1. The molecule has 63 heavy (non-hydrogen) atoms. The Morgan fingerprint density at radius 3 is 1.78 bits per heavy atom. The Kier molecular flexibility index (Phi) is 7.98. The lowest BCUT2D eigenvalue weighted by molar-refractivity contribution is 0.669. The Bertz CT molecular complexity index is 3920. The van der Waals surface area contributed by atoms with Gasteiger partial charge in [-0.05, 0) is 76.9 Å². The molecule has 0 saturated heterocycles. The average Bonchev–Trinajstić information content (AvgIpc) is 4.05. The molecule has 5 heterocycles. The highest BCUT2D eigenvalue weighted by Crippen LogP contribution is 2.44. The standard InChI is InChI=1S/C56H32N4O2S/c1-4-15-47-42(12-1)43-24-23-38(30-49(43)61-47)56-59-54(58-55(60-56)37-10-7-9-35(29-37)39-11-8-28-57-32-39)34-20-18-33(19-21-34)40-26-27-41(53-52(40)46-14-2-5-16-48(46)62-53)36-22-25-45-44-13-3-6-17-50(44)63-51(45)31-36/h1-32H. The summed E-state index contributed by atoms with van der Waals surface area (Å²) >= 11 is 1.83. The lowest BCUT2D eigenvalue weighted by Crippen LogP contribution is -2.00. The van der Waals surface area contributed by atoms with E-state index in [-0.39, 0.29) is 0 Å². The predicted molar refractivity (Wildman–Crippen MR) is 258 cm³/mol. The van der Waals surface area contributed by atoms with Crippen LogP contribution in [0.4, 0.5) is 0 Å². The van der Waals surface area contributed by atoms with E-state index in [0.717, 1.165) is 93.9 Å². The molecule has 13 aromatic rings. The first-order chi connectivity index (χ1) is 31.2. The van der Waals surface area contributed by atoms with Crippen LogP contribution in [0.5, 0.6) is 0 Å². The van der Waals surface area contributed by atoms with E-state index in [9.17, 15) is 0 Å². The number of aromatic nitrogens is 4. The Morgan fingerprint density at radius 2 is 0.952 bits per heavy atom. The summed E-state index contributed by atoms with van der Waals surface area (Å²) < 4.78 is 15.6. The minimum atomic E-state index is 0.559. The zero-order chi connectivity index (χ0) is 41.4. The molecule has 0 spiro atoms. The number of hydrogen-bond acceptors (Lipinski definition) is 7. The number of benzene rings is 8. The van der Waals surface area contributed by atoms with Crippen molar-refractivity contribution in [1.29, 1.82) is 0 Å². The molecule has 294 valence electrons. The first-order valence-corrected chi connectivity index (χ1v) is 21.7. The third-order valence-electron chi connectivity index (χ3n) is 12.1. The number of para-hydroxylation sites is 2. The van der Waals surface area contributed by atoms with Crippen LogP contribution < -0.4 is 0 Å². The fraction of sp³-hybridized carbons (Fsp3) is 0. The van der Waals surface area contributed by atoms with Gasteiger partial charge in [0.2, 0.25) is 0 Å². The van der Waals surface area contributed by atoms with Crippen molar-refractivity contribution in [3.63, 3.8) is 0 Å². The van der Waals surface area contributed by atoms with Crippen LogP contribution in [0, 0.1) is 0 Å². The molecular weight excluding hydrogens is 793 g/mol. The molecule has 0 aliphatic carbocycles. The summed E-state index contributed by atoms with van der Waals surface area (Å²) in [7, 11) is 0. The van der Waals surface area contributed by atoms with Gasteiger partial charge >= 0.3 is 0 Å². The first kappa shape index (κ1) is 35.5. The maximum atomic E-state index is 6.72. The van der Waals surface area contributed by atoms with Gasteiger partial charge in [0.05, 0.1) is 0 Å². The fourth-order valence-corrected chi connectivity index (χ4v) is 10.1. The van der Waals surface area contributed by atoms with E-state index < -0.39 is 0 Å². The van der Waals surface area contributed by atoms with Gasteiger partial charge in [0, 0.05) is 81.9 Å². The molecule has 0 aliphatic heterocycles. The van der Waals surface area contributed by atoms with Crippen molar-refractivity contribution in [3.8, 4) is 67.5 Å². The highest BCUT2D eigenvalue weighted by Gasteiger charge is 2.20. The van der Waals surface area contributed by atoms with Crippen molar-refractivity contribution in [3.05, 3.63) is 194 Å². The monoisotopic (exact) mass is 824 g/mol. The summed E-state index contributed by atoms with van der Waals surface area (Å²) in [6.07, 6.45) is 3.65. The number of nitrogens with zero attached hydrogens (tertiary/aromatic N) is 4. The van der Waals surface area contributed by atoms with E-state index >= 15 is 0 Å². The van der Waals surface area contributed by atoms with Gasteiger partial charge in [0.1, 0.15) is 22.3 Å². The normalized spacial score (nSPS) is 11.8. The summed E-state index contributed by atoms with van der Waals surface area (Å²) in [4.78, 5) is 19.7. The SMILES string of the molecule is c1cncc(-c2cccc(-c3nc(-c4ccc(-c5ccc(-c6ccc7c(c6)sc6ccccc67)c6oc7ccccc7c56)cc4)nc(-c4ccc5c(c4)oc4ccccc45)n3)c2)c1. The van der Waals surface area contributed by atoms with Crippen LogP contribution in [0.2, 0.25) is 0 Å². The molecule has 0 N–H and O–H groups in total. The number of rotatable bonds is 6. The van der Waals surface area contributed by atoms with Crippen LogP contribution in [0.1, 0.15) is 0 Å². The number of furan rings is 2. The third-order valence-corrected chi connectivity index (χ3v) is 13.2. The summed E-state index contributed by atoms with van der Waals surface area (Å²) in [5.74, 6) is 1.71. The second-order valence-electron chi connectivity index (χ2n) is 15.8. The molecule has 0 unspecified atom stereocenters. The first-order valence-electron chi connectivity index (χ1n) is 20.8. The lowest BCUT2D eigenvalue weighted by Gasteiger charge is -2.11. The minimum absolute atomic E-state index is 0.559. The number of fused-ring (bicyclic) bond motifs is 9. The largest absolute Gasteiger partial charge is 0.456 e. The maximum Gasteiger partial charge on any atom is 0.164 e. The van der Waals surface area contributed by atoms with E-state index in [1.165, 1.54) is 20.2 Å². The second kappa shape index (κ2) is 14.2. The van der Waals surface area contributed by atoms with E-state index in [2.05, 4.69) is 138 Å². The van der Waals surface area contributed by atoms with Gasteiger partial charge in [0.15, 0.2) is 17.5 Å². The van der Waals surface area contributed by atoms with Gasteiger partial charge in [0.25, 0.3) is 0 Å². The smallest absolute Gasteiger partial charge is 0.164 e. The van der Waals surface area contributed by atoms with E-state index in [4.69, 9.17) is 23.8 Å². The molecule has 6 nitrogen and oxygen atoms in total. The molecule has 0 radical (unpaired) electrons. The number of thiophene rings is 1. The molecular formula is C56H32N4O2S. The lowest BCUT2D eigenvalue weighted by atomic mass is 9.94. The zero-order valence-electron chi connectivity index (χ0n) is 33.5. The number of hydrogen-bond donors (Lipinski definition) is 0. The molecule has 0 atom stereocenters. The van der Waals surface area contributed by atoms with E-state index in [1.54, 1.807) is 6.20 Å². The Labute approximate surface area is 364 Å². The van der Waals surface area contributed by atoms with Crippen molar-refractivity contribution in [1.82, 2.24) is 19.9 Å². The molecule has 13 rings (SSSR count). The van der Waals surface area contributed by atoms with Crippen LogP contribution >= 0.6 is 11.3 Å². The summed E-state index contributed by atoms with van der Waals surface area (Å²) in [6.45, 7) is 0. The van der Waals surface area contributed by atoms with Crippen molar-refractivity contribution in [2.75, 3.05) is 0 Å². The molecule has 0 bridgehead atoms. The van der Waals surface area contributed by atoms with Crippen LogP contribution in [0.25, 0.3) is 132 Å². The van der Waals surface area contributed by atoms with Crippen molar-refractivity contribution in [2.24, 2.45) is 0 Å². The minimum Gasteiger partial charge on any atom is -0.456 e. The summed E-state index contributed by atoms with van der Waals surface area (Å²) in [6, 6.07) is 63.2.